The monoisotopic (exact) mass is 1810 g/mol. The topological polar surface area (TPSA) is 281 Å². The number of nitrogen functional groups attached to an aromatic ring is 1. The summed E-state index contributed by atoms with van der Waals surface area (Å²) >= 11 is -2.45. The van der Waals surface area contributed by atoms with E-state index in [-0.39, 0.29) is 36.2 Å². The van der Waals surface area contributed by atoms with Crippen molar-refractivity contribution in [3.8, 4) is 108 Å². The number of hydrogen-bond acceptors (Lipinski definition) is 14. The number of unbranched alkanes of at least 4 members (excludes halogenated alkanes) is 3. The van der Waals surface area contributed by atoms with Gasteiger partial charge in [-0.15, -0.1) is 10.2 Å². The molecule has 5 aliphatic carbocycles. The predicted octanol–water partition coefficient (Wildman–Crippen LogP) is 27.2. The second kappa shape index (κ2) is 45.6. The molecule has 0 atom stereocenters. The van der Waals surface area contributed by atoms with Gasteiger partial charge in [0.2, 0.25) is 5.82 Å². The zero-order valence-electron chi connectivity index (χ0n) is 72.0. The molecule has 5 aliphatic rings. The Bertz CT molecular complexity index is 5630. The summed E-state index contributed by atoms with van der Waals surface area (Å²) in [5, 5.41) is 38.9. The number of azide groups is 1. The van der Waals surface area contributed by atoms with Crippen LogP contribution in [-0.4, -0.2) is 81.6 Å². The molecule has 10 aromatic carbocycles. The number of halogens is 4. The largest absolute Gasteiger partial charge is 0.490 e. The van der Waals surface area contributed by atoms with Gasteiger partial charge in [-0.05, 0) is 307 Å². The Morgan fingerprint density at radius 2 is 0.778 bits per heavy atom. The molecule has 0 spiro atoms. The number of H-pyrrole nitrogens is 1. The van der Waals surface area contributed by atoms with Gasteiger partial charge in [0.05, 0.1) is 53.8 Å². The zero-order valence-corrected chi connectivity index (χ0v) is 74.8. The van der Waals surface area contributed by atoms with Gasteiger partial charge in [-0.3, -0.25) is 9.59 Å². The SMILES string of the molecule is CCC[CH2][Sn]([CH2]CCC)([CH2]CCC)[N]=[N+]=[N-].N#Cc1cccc(-c2cc(N)ccc2OC2CCCC2)c1.N#Cc1cccc(-c2cc(NC(=O)c3ccc(OC4CCCC4)c(-c4ccc(F)c(F)c4)c3)ccc2OC2CCCC2)c1.O=C(Nc1ccc(OC2CCCC2)c(-c2cccc(-c3nn[nH]n3)c2)c1)c1ccc(OC2CCCC2)c(-c2ccc(F)c(F)c2)c1. The van der Waals surface area contributed by atoms with E-state index in [1.807, 2.05) is 103 Å². The molecule has 24 heteroatoms. The van der Waals surface area contributed by atoms with Crippen LogP contribution < -0.4 is 40.1 Å². The van der Waals surface area contributed by atoms with E-state index < -0.39 is 41.9 Å². The fraction of sp³-hybridized carbons (Fsp3) is 0.363. The van der Waals surface area contributed by atoms with Gasteiger partial charge in [0.1, 0.15) is 28.7 Å². The molecule has 652 valence electrons. The molecule has 0 unspecified atom stereocenters. The molecule has 5 N–H and O–H groups in total. The third-order valence-corrected chi connectivity index (χ3v) is 36.5. The number of nitriles is 2. The number of aromatic nitrogens is 4. The Hall–Kier alpha value is -12.2. The Kier molecular flexibility index (Phi) is 33.1. The van der Waals surface area contributed by atoms with Crippen molar-refractivity contribution in [3.63, 3.8) is 0 Å². The van der Waals surface area contributed by atoms with Crippen molar-refractivity contribution in [1.29, 1.82) is 10.5 Å². The normalized spacial score (nSPS) is 14.7. The molecule has 5 fully saturated rings. The minimum atomic E-state index is -2.45. The van der Waals surface area contributed by atoms with Crippen molar-refractivity contribution < 1.29 is 50.8 Å². The Morgan fingerprint density at radius 3 is 1.13 bits per heavy atom. The summed E-state index contributed by atoms with van der Waals surface area (Å²) < 4.78 is 95.7. The zero-order chi connectivity index (χ0) is 88.2. The van der Waals surface area contributed by atoms with Gasteiger partial charge in [-0.1, -0.05) is 54.6 Å². The second-order valence-corrected chi connectivity index (χ2v) is 45.2. The fourth-order valence-corrected chi connectivity index (χ4v) is 29.4. The molecule has 2 amide bonds. The first-order chi connectivity index (χ1) is 61.5. The molecule has 0 bridgehead atoms. The molecule has 0 saturated heterocycles. The number of tetrazole rings is 1. The first kappa shape index (κ1) is 91.5. The minimum absolute atomic E-state index is 0.0469. The fourth-order valence-electron chi connectivity index (χ4n) is 17.2. The van der Waals surface area contributed by atoms with Crippen LogP contribution in [0.3, 0.4) is 0 Å². The van der Waals surface area contributed by atoms with E-state index in [2.05, 4.69) is 72.4 Å². The molecular formula is C102H110F4N12O7Sn. The van der Waals surface area contributed by atoms with Crippen LogP contribution in [0.25, 0.3) is 77.5 Å². The van der Waals surface area contributed by atoms with Crippen molar-refractivity contribution in [2.75, 3.05) is 16.4 Å². The number of carbonyl (C=O) groups is 2. The number of aromatic amines is 1. The summed E-state index contributed by atoms with van der Waals surface area (Å²) in [5.41, 5.74) is 26.3. The van der Waals surface area contributed by atoms with Crippen LogP contribution in [0, 0.1) is 45.9 Å². The van der Waals surface area contributed by atoms with Crippen LogP contribution in [0.1, 0.15) is 220 Å². The van der Waals surface area contributed by atoms with Crippen LogP contribution in [0.5, 0.6) is 28.7 Å². The summed E-state index contributed by atoms with van der Waals surface area (Å²) in [6.45, 7) is 6.69. The summed E-state index contributed by atoms with van der Waals surface area (Å²) in [7, 11) is 0. The van der Waals surface area contributed by atoms with E-state index in [1.54, 1.807) is 60.7 Å². The van der Waals surface area contributed by atoms with Gasteiger partial charge < -0.3 is 40.1 Å². The maximum Gasteiger partial charge on any atom is 0.255 e. The molecule has 5 saturated carbocycles. The van der Waals surface area contributed by atoms with Crippen molar-refractivity contribution >= 4 is 47.5 Å². The average Bonchev–Trinajstić information content (AvgIpc) is 1.10. The summed E-state index contributed by atoms with van der Waals surface area (Å²) in [6.07, 6.45) is 29.5. The minimum Gasteiger partial charge on any atom is -0.490 e. The van der Waals surface area contributed by atoms with Gasteiger partial charge in [0.25, 0.3) is 11.8 Å². The van der Waals surface area contributed by atoms with Crippen LogP contribution in [-0.2, 0) is 0 Å². The third kappa shape index (κ3) is 25.1. The Labute approximate surface area is 740 Å². The maximum absolute atomic E-state index is 14.3. The van der Waals surface area contributed by atoms with E-state index >= 15 is 0 Å². The van der Waals surface area contributed by atoms with Crippen LogP contribution in [0.4, 0.5) is 34.6 Å². The van der Waals surface area contributed by atoms with Gasteiger partial charge in [0, 0.05) is 61.6 Å². The molecule has 11 aromatic rings. The summed E-state index contributed by atoms with van der Waals surface area (Å²) in [5.74, 6) is -0.700. The predicted molar refractivity (Wildman–Crippen MR) is 491 cm³/mol. The number of nitrogens with two attached hydrogens (primary N) is 1. The molecule has 126 heavy (non-hydrogen) atoms. The Balaban J connectivity index is 0.000000156. The molecule has 1 aromatic heterocycles. The van der Waals surface area contributed by atoms with E-state index in [4.69, 9.17) is 40.2 Å². The van der Waals surface area contributed by atoms with Crippen LogP contribution in [0.15, 0.2) is 204 Å². The van der Waals surface area contributed by atoms with Gasteiger partial charge in [0.15, 0.2) is 23.3 Å². The quantitative estimate of drug-likeness (QED) is 0.00815. The van der Waals surface area contributed by atoms with Crippen molar-refractivity contribution in [3.05, 3.63) is 256 Å². The number of benzene rings is 10. The maximum atomic E-state index is 14.3. The molecule has 0 aliphatic heterocycles. The molecular weight excluding hydrogens is 1700 g/mol. The molecule has 16 rings (SSSR count). The second-order valence-electron chi connectivity index (χ2n) is 33.3. The number of rotatable bonds is 30. The van der Waals surface area contributed by atoms with E-state index in [0.717, 1.165) is 190 Å². The van der Waals surface area contributed by atoms with Gasteiger partial charge >= 0.3 is 105 Å². The third-order valence-electron chi connectivity index (χ3n) is 24.0. The summed E-state index contributed by atoms with van der Waals surface area (Å²) in [6, 6.07) is 61.3. The number of nitrogens with zero attached hydrogens (tertiary/aromatic N) is 8. The van der Waals surface area contributed by atoms with Crippen molar-refractivity contribution in [2.24, 2.45) is 3.34 Å². The number of carbonyl (C=O) groups excluding carboxylic acids is 2. The summed E-state index contributed by atoms with van der Waals surface area (Å²) in [4.78, 5) is 30.4. The number of ether oxygens (including phenoxy) is 5. The van der Waals surface area contributed by atoms with Gasteiger partial charge in [-0.25, -0.2) is 17.6 Å². The van der Waals surface area contributed by atoms with E-state index in [9.17, 15) is 32.4 Å². The van der Waals surface area contributed by atoms with Crippen LogP contribution >= 0.6 is 0 Å². The van der Waals surface area contributed by atoms with Crippen molar-refractivity contribution in [2.45, 2.75) is 232 Å². The smallest absolute Gasteiger partial charge is 0.255 e. The number of amides is 2. The Morgan fingerprint density at radius 1 is 0.437 bits per heavy atom. The molecule has 0 radical (unpaired) electrons. The first-order valence-corrected chi connectivity index (χ1v) is 52.0. The molecule has 19 nitrogen and oxygen atoms in total. The van der Waals surface area contributed by atoms with E-state index in [0.29, 0.717) is 90.7 Å². The molecule has 1 heterocycles. The standard InChI is InChI=1S/C36H33F2N5O3.C36H32F2N2O3.C18H18N2O.3C4H9.N3.Sn/c37-31-15-12-23(20-32(31)38)29-19-25(13-16-33(29)45-27-8-1-2-9-27)36(44)39-26-14-17-34(46-28-10-3-4-11-28)30(21-26)22-6-5-7-24(18-22)35-40-42-43-41-35;37-32-15-12-25(20-33(32)38)30-19-26(13-16-34(30)42-28-8-1-2-9-28)36(41)40-27-14-17-35(43-29-10-3-4-11-29)31(21-27)24-7-5-6-23(18-24)22-39;19-12-13-4-3-5-14(10-13)17-11-15(20)8-9-18(17)21-16-6-1-2-7-16;3*1-3-4-2;1-3-2;/h5-7,12-21,27-28H,1-4,8-11H2,(H,39,44)(H,40,41,42,43);5-7,12-21,28-29H,1-4,8-11H2,(H,40,41);3-5,8-11,16H,1-2,6-7,20H2;3*1,3-4H2,2H3;;/q;;;;;;-1;+1. The van der Waals surface area contributed by atoms with E-state index in [1.165, 1.54) is 76.8 Å². The van der Waals surface area contributed by atoms with Crippen molar-refractivity contribution in [1.82, 2.24) is 20.6 Å². The number of nitrogens with one attached hydrogen (secondary N) is 3. The average molecular weight is 1810 g/mol. The van der Waals surface area contributed by atoms with Crippen LogP contribution in [0.2, 0.25) is 13.3 Å². The number of hydrogen-bond donors (Lipinski definition) is 4. The number of anilines is 3. The first-order valence-electron chi connectivity index (χ1n) is 44.7. The van der Waals surface area contributed by atoms with Gasteiger partial charge in [-0.2, -0.15) is 15.7 Å².